The molecular weight excluding hydrogens is 182 g/mol. The lowest BCUT2D eigenvalue weighted by atomic mass is 10.3. The van der Waals surface area contributed by atoms with Crippen LogP contribution in [0.15, 0.2) is 24.3 Å². The molecule has 0 aliphatic carbocycles. The molecule has 0 unspecified atom stereocenters. The fourth-order valence-electron chi connectivity index (χ4n) is 1.04. The molecule has 0 saturated heterocycles. The fourth-order valence-corrected chi connectivity index (χ4v) is 1.04. The number of hydrogen-bond acceptors (Lipinski definition) is 4. The highest BCUT2D eigenvalue weighted by Gasteiger charge is 2.03. The quantitative estimate of drug-likeness (QED) is 0.553. The number of phenolic OH excluding ortho intramolecular Hbond substituents is 1. The molecule has 0 bridgehead atoms. The lowest BCUT2D eigenvalue weighted by Crippen LogP contribution is -2.23. The Hall–Kier alpha value is -1.26. The smallest absolute Gasteiger partial charge is 0.173 e. The van der Waals surface area contributed by atoms with Crippen LogP contribution in [-0.2, 0) is 9.47 Å². The topological polar surface area (TPSA) is 50.7 Å². The molecule has 0 aliphatic rings. The van der Waals surface area contributed by atoms with Crippen molar-refractivity contribution in [3.8, 4) is 5.75 Å². The minimum absolute atomic E-state index is 0.255. The summed E-state index contributed by atoms with van der Waals surface area (Å²) < 4.78 is 10.0. The second-order valence-corrected chi connectivity index (χ2v) is 2.83. The first-order chi connectivity index (χ1) is 6.76. The van der Waals surface area contributed by atoms with E-state index in [4.69, 9.17) is 14.6 Å². The summed E-state index contributed by atoms with van der Waals surface area (Å²) in [5, 5.41) is 12.2. The van der Waals surface area contributed by atoms with Crippen molar-refractivity contribution >= 4 is 5.69 Å². The molecule has 0 amide bonds. The molecule has 0 atom stereocenters. The van der Waals surface area contributed by atoms with Gasteiger partial charge >= 0.3 is 0 Å². The van der Waals surface area contributed by atoms with E-state index in [1.54, 1.807) is 38.5 Å². The third-order valence-electron chi connectivity index (χ3n) is 1.87. The van der Waals surface area contributed by atoms with Crippen molar-refractivity contribution in [2.45, 2.75) is 6.29 Å². The van der Waals surface area contributed by atoms with Crippen LogP contribution in [-0.4, -0.2) is 32.2 Å². The van der Waals surface area contributed by atoms with Gasteiger partial charge in [0.15, 0.2) is 6.29 Å². The average Bonchev–Trinajstić information content (AvgIpc) is 2.22. The average molecular weight is 197 g/mol. The molecule has 1 aromatic rings. The molecule has 0 fully saturated rings. The van der Waals surface area contributed by atoms with E-state index >= 15 is 0 Å². The van der Waals surface area contributed by atoms with Crippen LogP contribution in [0, 0.1) is 0 Å². The van der Waals surface area contributed by atoms with E-state index < -0.39 is 0 Å². The van der Waals surface area contributed by atoms with Crippen LogP contribution in [0.25, 0.3) is 0 Å². The van der Waals surface area contributed by atoms with Crippen LogP contribution in [0.4, 0.5) is 5.69 Å². The standard InChI is InChI=1S/C10H15NO3/c1-13-10(14-2)7-11-8-3-5-9(12)6-4-8/h3-6,10-12H,7H2,1-2H3. The molecule has 4 nitrogen and oxygen atoms in total. The molecule has 0 aliphatic heterocycles. The normalized spacial score (nSPS) is 10.5. The second-order valence-electron chi connectivity index (χ2n) is 2.83. The van der Waals surface area contributed by atoms with Gasteiger partial charge in [0, 0.05) is 19.9 Å². The number of rotatable bonds is 5. The van der Waals surface area contributed by atoms with Gasteiger partial charge in [-0.2, -0.15) is 0 Å². The minimum atomic E-state index is -0.260. The summed E-state index contributed by atoms with van der Waals surface area (Å²) in [7, 11) is 3.18. The number of nitrogens with one attached hydrogen (secondary N) is 1. The van der Waals surface area contributed by atoms with Crippen molar-refractivity contribution in [2.75, 3.05) is 26.1 Å². The number of ether oxygens (including phenoxy) is 2. The Balaban J connectivity index is 2.41. The van der Waals surface area contributed by atoms with Gasteiger partial charge in [-0.15, -0.1) is 0 Å². The van der Waals surface area contributed by atoms with Crippen molar-refractivity contribution in [3.05, 3.63) is 24.3 Å². The molecule has 2 N–H and O–H groups in total. The highest BCUT2D eigenvalue weighted by molar-refractivity contribution is 5.45. The molecule has 1 rings (SSSR count). The predicted octanol–water partition coefficient (Wildman–Crippen LogP) is 1.42. The third kappa shape index (κ3) is 3.24. The molecule has 4 heteroatoms. The van der Waals surface area contributed by atoms with E-state index in [2.05, 4.69) is 5.32 Å². The molecule has 1 aromatic carbocycles. The summed E-state index contributed by atoms with van der Waals surface area (Å²) in [5.74, 6) is 0.255. The van der Waals surface area contributed by atoms with Crippen LogP contribution in [0.2, 0.25) is 0 Å². The zero-order valence-electron chi connectivity index (χ0n) is 8.36. The summed E-state index contributed by atoms with van der Waals surface area (Å²) in [6.45, 7) is 0.567. The molecular formula is C10H15NO3. The van der Waals surface area contributed by atoms with Crippen LogP contribution in [0.3, 0.4) is 0 Å². The first-order valence-electron chi connectivity index (χ1n) is 4.34. The zero-order chi connectivity index (χ0) is 10.4. The van der Waals surface area contributed by atoms with Crippen molar-refractivity contribution in [3.63, 3.8) is 0 Å². The Kier molecular flexibility index (Phi) is 4.22. The Morgan fingerprint density at radius 2 is 1.79 bits per heavy atom. The number of hydrogen-bond donors (Lipinski definition) is 2. The van der Waals surface area contributed by atoms with Crippen LogP contribution in [0.5, 0.6) is 5.75 Å². The lowest BCUT2D eigenvalue weighted by molar-refractivity contribution is -0.0914. The Morgan fingerprint density at radius 3 is 2.29 bits per heavy atom. The monoisotopic (exact) mass is 197 g/mol. The van der Waals surface area contributed by atoms with Crippen LogP contribution < -0.4 is 5.32 Å². The second kappa shape index (κ2) is 5.47. The first kappa shape index (κ1) is 10.8. The van der Waals surface area contributed by atoms with Crippen LogP contribution >= 0.6 is 0 Å². The molecule has 0 heterocycles. The molecule has 0 saturated carbocycles. The summed E-state index contributed by atoms with van der Waals surface area (Å²) in [6.07, 6.45) is -0.260. The van der Waals surface area contributed by atoms with Gasteiger partial charge in [0.05, 0.1) is 6.54 Å². The Bertz CT molecular complexity index is 257. The lowest BCUT2D eigenvalue weighted by Gasteiger charge is -2.14. The van der Waals surface area contributed by atoms with E-state index in [1.807, 2.05) is 0 Å². The number of aromatic hydroxyl groups is 1. The molecule has 0 spiro atoms. The number of methoxy groups -OCH3 is 2. The summed E-state index contributed by atoms with van der Waals surface area (Å²) in [5.41, 5.74) is 0.918. The fraction of sp³-hybridized carbons (Fsp3) is 0.400. The third-order valence-corrected chi connectivity index (χ3v) is 1.87. The van der Waals surface area contributed by atoms with Crippen molar-refractivity contribution in [1.29, 1.82) is 0 Å². The minimum Gasteiger partial charge on any atom is -0.508 e. The van der Waals surface area contributed by atoms with Gasteiger partial charge in [-0.1, -0.05) is 0 Å². The van der Waals surface area contributed by atoms with E-state index in [-0.39, 0.29) is 12.0 Å². The largest absolute Gasteiger partial charge is 0.508 e. The summed E-state index contributed by atoms with van der Waals surface area (Å²) in [4.78, 5) is 0. The van der Waals surface area contributed by atoms with E-state index in [9.17, 15) is 0 Å². The van der Waals surface area contributed by atoms with Gasteiger partial charge in [-0.05, 0) is 24.3 Å². The maximum Gasteiger partial charge on any atom is 0.173 e. The first-order valence-corrected chi connectivity index (χ1v) is 4.34. The van der Waals surface area contributed by atoms with Gasteiger partial charge in [-0.25, -0.2) is 0 Å². The maximum atomic E-state index is 9.05. The Labute approximate surface area is 83.5 Å². The van der Waals surface area contributed by atoms with Gasteiger partial charge in [-0.3, -0.25) is 0 Å². The highest BCUT2D eigenvalue weighted by Crippen LogP contribution is 2.13. The van der Waals surface area contributed by atoms with Crippen LogP contribution in [0.1, 0.15) is 0 Å². The van der Waals surface area contributed by atoms with E-state index in [1.165, 1.54) is 0 Å². The van der Waals surface area contributed by atoms with Gasteiger partial charge in [0.2, 0.25) is 0 Å². The predicted molar refractivity (Wildman–Crippen MR) is 54.4 cm³/mol. The summed E-state index contributed by atoms with van der Waals surface area (Å²) >= 11 is 0. The molecule has 0 radical (unpaired) electrons. The maximum absolute atomic E-state index is 9.05. The van der Waals surface area contributed by atoms with E-state index in [0.717, 1.165) is 5.69 Å². The van der Waals surface area contributed by atoms with Crippen molar-refractivity contribution < 1.29 is 14.6 Å². The number of benzene rings is 1. The molecule has 0 aromatic heterocycles. The summed E-state index contributed by atoms with van der Waals surface area (Å²) in [6, 6.07) is 6.82. The van der Waals surface area contributed by atoms with Crippen molar-refractivity contribution in [1.82, 2.24) is 0 Å². The zero-order valence-corrected chi connectivity index (χ0v) is 8.36. The van der Waals surface area contributed by atoms with Gasteiger partial charge < -0.3 is 19.9 Å². The molecule has 14 heavy (non-hydrogen) atoms. The molecule has 78 valence electrons. The Morgan fingerprint density at radius 1 is 1.21 bits per heavy atom. The van der Waals surface area contributed by atoms with Gasteiger partial charge in [0.1, 0.15) is 5.75 Å². The number of anilines is 1. The number of phenols is 1. The van der Waals surface area contributed by atoms with E-state index in [0.29, 0.717) is 6.54 Å². The SMILES string of the molecule is COC(CNc1ccc(O)cc1)OC. The van der Waals surface area contributed by atoms with Gasteiger partial charge in [0.25, 0.3) is 0 Å². The van der Waals surface area contributed by atoms with Crippen molar-refractivity contribution in [2.24, 2.45) is 0 Å². The highest BCUT2D eigenvalue weighted by atomic mass is 16.7.